The number of aliphatic hydroxyl groups excluding tert-OH is 1. The Morgan fingerprint density at radius 2 is 2.37 bits per heavy atom. The summed E-state index contributed by atoms with van der Waals surface area (Å²) in [5.41, 5.74) is 1.43. The van der Waals surface area contributed by atoms with Crippen LogP contribution >= 0.6 is 15.9 Å². The van der Waals surface area contributed by atoms with Crippen LogP contribution in [0.15, 0.2) is 28.9 Å². The number of aromatic nitrogens is 1. The third-order valence-electron chi connectivity index (χ3n) is 2.76. The van der Waals surface area contributed by atoms with Crippen LogP contribution < -0.4 is 5.32 Å². The quantitative estimate of drug-likeness (QED) is 0.782. The molecule has 0 radical (unpaired) electrons. The molecule has 19 heavy (non-hydrogen) atoms. The van der Waals surface area contributed by atoms with Crippen molar-refractivity contribution in [2.24, 2.45) is 0 Å². The van der Waals surface area contributed by atoms with Crippen LogP contribution in [-0.4, -0.2) is 42.4 Å². The second kappa shape index (κ2) is 6.18. The molecule has 0 unspecified atom stereocenters. The molecule has 0 fully saturated rings. The van der Waals surface area contributed by atoms with Crippen LogP contribution in [0.2, 0.25) is 0 Å². The van der Waals surface area contributed by atoms with Crippen molar-refractivity contribution in [2.45, 2.75) is 6.10 Å². The minimum atomic E-state index is -0.706. The highest BCUT2D eigenvalue weighted by Crippen LogP contribution is 2.26. The Bertz CT molecular complexity index is 582. The average Bonchev–Trinajstić information content (AvgIpc) is 2.82. The Hall–Kier alpha value is -1.37. The molecule has 0 aliphatic rings. The number of benzene rings is 1. The molecule has 0 bridgehead atoms. The summed E-state index contributed by atoms with van der Waals surface area (Å²) in [5, 5.41) is 13.0. The van der Waals surface area contributed by atoms with Gasteiger partial charge in [0, 0.05) is 35.2 Å². The Labute approximate surface area is 119 Å². The zero-order valence-electron chi connectivity index (χ0n) is 10.4. The van der Waals surface area contributed by atoms with E-state index < -0.39 is 6.10 Å². The summed E-state index contributed by atoms with van der Waals surface area (Å²) in [5.74, 6) is -0.228. The van der Waals surface area contributed by atoms with Crippen LogP contribution in [0.1, 0.15) is 10.4 Å². The fourth-order valence-electron chi connectivity index (χ4n) is 1.88. The summed E-state index contributed by atoms with van der Waals surface area (Å²) >= 11 is 3.43. The van der Waals surface area contributed by atoms with Crippen molar-refractivity contribution in [3.8, 4) is 0 Å². The van der Waals surface area contributed by atoms with E-state index in [1.54, 1.807) is 6.20 Å². The maximum atomic E-state index is 12.1. The number of halogens is 1. The maximum Gasteiger partial charge on any atom is 0.253 e. The summed E-state index contributed by atoms with van der Waals surface area (Å²) in [6.07, 6.45) is 0.954. The van der Waals surface area contributed by atoms with E-state index >= 15 is 0 Å². The predicted molar refractivity (Wildman–Crippen MR) is 76.2 cm³/mol. The molecule has 0 aliphatic carbocycles. The number of hydrogen-bond acceptors (Lipinski definition) is 3. The van der Waals surface area contributed by atoms with Crippen molar-refractivity contribution in [3.05, 3.63) is 34.4 Å². The van der Waals surface area contributed by atoms with Crippen LogP contribution in [-0.2, 0) is 4.74 Å². The molecular formula is C13H15BrN2O3. The number of aliphatic hydroxyl groups is 1. The average molecular weight is 327 g/mol. The molecule has 6 heteroatoms. The second-order valence-corrected chi connectivity index (χ2v) is 5.04. The van der Waals surface area contributed by atoms with Gasteiger partial charge in [0.15, 0.2) is 0 Å². The lowest BCUT2D eigenvalue weighted by molar-refractivity contribution is 0.0610. The van der Waals surface area contributed by atoms with Crippen molar-refractivity contribution in [1.82, 2.24) is 10.3 Å². The lowest BCUT2D eigenvalue weighted by atomic mass is 10.1. The molecule has 3 N–H and O–H groups in total. The Kier molecular flexibility index (Phi) is 4.57. The van der Waals surface area contributed by atoms with E-state index in [9.17, 15) is 9.90 Å². The fraction of sp³-hybridized carbons (Fsp3) is 0.308. The molecular weight excluding hydrogens is 312 g/mol. The van der Waals surface area contributed by atoms with Crippen molar-refractivity contribution < 1.29 is 14.6 Å². The first-order valence-corrected chi connectivity index (χ1v) is 6.63. The summed E-state index contributed by atoms with van der Waals surface area (Å²) < 4.78 is 5.66. The lowest BCUT2D eigenvalue weighted by Crippen LogP contribution is -2.34. The number of ether oxygens (including phenoxy) is 1. The molecule has 5 nitrogen and oxygen atoms in total. The number of hydrogen-bond donors (Lipinski definition) is 3. The highest BCUT2D eigenvalue weighted by molar-refractivity contribution is 9.10. The minimum absolute atomic E-state index is 0.157. The molecule has 2 rings (SSSR count). The third kappa shape index (κ3) is 3.15. The number of H-pyrrole nitrogens is 1. The van der Waals surface area contributed by atoms with Crippen LogP contribution in [0.25, 0.3) is 10.9 Å². The molecule has 102 valence electrons. The van der Waals surface area contributed by atoms with Gasteiger partial charge >= 0.3 is 0 Å². The van der Waals surface area contributed by atoms with E-state index in [0.29, 0.717) is 5.56 Å². The van der Waals surface area contributed by atoms with Gasteiger partial charge in [-0.15, -0.1) is 0 Å². The van der Waals surface area contributed by atoms with Gasteiger partial charge in [-0.1, -0.05) is 22.0 Å². The Morgan fingerprint density at radius 1 is 1.58 bits per heavy atom. The normalized spacial score (nSPS) is 12.6. The molecule has 2 aromatic rings. The largest absolute Gasteiger partial charge is 0.389 e. The van der Waals surface area contributed by atoms with Gasteiger partial charge in [0.1, 0.15) is 0 Å². The summed E-state index contributed by atoms with van der Waals surface area (Å²) in [6, 6.07) is 5.68. The predicted octanol–water partition coefficient (Wildman–Crippen LogP) is 1.67. The van der Waals surface area contributed by atoms with Gasteiger partial charge in [0.2, 0.25) is 0 Å². The van der Waals surface area contributed by atoms with Gasteiger partial charge < -0.3 is 20.1 Å². The van der Waals surface area contributed by atoms with E-state index in [2.05, 4.69) is 26.2 Å². The van der Waals surface area contributed by atoms with Gasteiger partial charge in [0.05, 0.1) is 18.3 Å². The summed E-state index contributed by atoms with van der Waals surface area (Å²) in [7, 11) is 1.50. The van der Waals surface area contributed by atoms with E-state index in [4.69, 9.17) is 4.74 Å². The molecule has 1 amide bonds. The van der Waals surface area contributed by atoms with Gasteiger partial charge in [-0.2, -0.15) is 0 Å². The topological polar surface area (TPSA) is 74.3 Å². The Balaban J connectivity index is 2.14. The van der Waals surface area contributed by atoms with Gasteiger partial charge in [-0.3, -0.25) is 4.79 Å². The number of carbonyl (C=O) groups excluding carboxylic acids is 1. The molecule has 0 aliphatic heterocycles. The van der Waals surface area contributed by atoms with Crippen LogP contribution in [0.4, 0.5) is 0 Å². The van der Waals surface area contributed by atoms with E-state index in [1.807, 2.05) is 18.2 Å². The molecule has 0 saturated heterocycles. The van der Waals surface area contributed by atoms with Crippen molar-refractivity contribution in [3.63, 3.8) is 0 Å². The number of nitrogens with one attached hydrogen (secondary N) is 2. The van der Waals surface area contributed by atoms with Crippen molar-refractivity contribution >= 4 is 32.7 Å². The fourth-order valence-corrected chi connectivity index (χ4v) is 2.46. The smallest absolute Gasteiger partial charge is 0.253 e. The molecule has 1 aromatic carbocycles. The number of aromatic amines is 1. The zero-order chi connectivity index (χ0) is 13.8. The van der Waals surface area contributed by atoms with Crippen LogP contribution in [0.3, 0.4) is 0 Å². The maximum absolute atomic E-state index is 12.1. The molecule has 0 spiro atoms. The first kappa shape index (κ1) is 14.0. The van der Waals surface area contributed by atoms with Crippen LogP contribution in [0, 0.1) is 0 Å². The van der Waals surface area contributed by atoms with Gasteiger partial charge in [0.25, 0.3) is 5.91 Å². The highest BCUT2D eigenvalue weighted by atomic mass is 79.9. The van der Waals surface area contributed by atoms with Gasteiger partial charge in [-0.25, -0.2) is 0 Å². The molecule has 0 saturated carbocycles. The summed E-state index contributed by atoms with van der Waals surface area (Å²) in [4.78, 5) is 15.1. The van der Waals surface area contributed by atoms with E-state index in [1.165, 1.54) is 7.11 Å². The SMILES string of the molecule is COC[C@@H](O)CNC(=O)c1c[nH]c2cccc(Br)c12. The van der Waals surface area contributed by atoms with Crippen molar-refractivity contribution in [1.29, 1.82) is 0 Å². The standard InChI is InChI=1S/C13H15BrN2O3/c1-19-7-8(17)5-16-13(18)9-6-15-11-4-2-3-10(14)12(9)11/h2-4,6,8,15,17H,5,7H2,1H3,(H,16,18)/t8-/m0/s1. The van der Waals surface area contributed by atoms with Crippen LogP contribution in [0.5, 0.6) is 0 Å². The number of fused-ring (bicyclic) bond motifs is 1. The lowest BCUT2D eigenvalue weighted by Gasteiger charge is -2.10. The second-order valence-electron chi connectivity index (χ2n) is 4.18. The monoisotopic (exact) mass is 326 g/mol. The molecule has 1 atom stereocenters. The first-order chi connectivity index (χ1) is 9.13. The molecule has 1 aromatic heterocycles. The molecule has 1 heterocycles. The summed E-state index contributed by atoms with van der Waals surface area (Å²) in [6.45, 7) is 0.349. The van der Waals surface area contributed by atoms with E-state index in [-0.39, 0.29) is 19.1 Å². The van der Waals surface area contributed by atoms with E-state index in [0.717, 1.165) is 15.4 Å². The number of amides is 1. The third-order valence-corrected chi connectivity index (χ3v) is 3.42. The number of rotatable bonds is 5. The zero-order valence-corrected chi connectivity index (χ0v) is 12.0. The van der Waals surface area contributed by atoms with Gasteiger partial charge in [-0.05, 0) is 12.1 Å². The number of methoxy groups -OCH3 is 1. The number of carbonyl (C=O) groups is 1. The Morgan fingerprint density at radius 3 is 3.11 bits per heavy atom. The van der Waals surface area contributed by atoms with Crippen molar-refractivity contribution in [2.75, 3.05) is 20.3 Å². The minimum Gasteiger partial charge on any atom is -0.389 e. The first-order valence-electron chi connectivity index (χ1n) is 5.84. The highest BCUT2D eigenvalue weighted by Gasteiger charge is 2.15.